The van der Waals surface area contributed by atoms with E-state index in [2.05, 4.69) is 6.92 Å². The first-order valence-corrected chi connectivity index (χ1v) is 17.6. The topological polar surface area (TPSA) is 151 Å². The number of imide groups is 1. The number of aliphatic hydroxyl groups excluding tert-OH is 2. The van der Waals surface area contributed by atoms with Gasteiger partial charge < -0.3 is 24.8 Å². The number of hydrogen-bond acceptors (Lipinski definition) is 9. The number of cyclic esters (lactones) is 1. The number of rotatable bonds is 5. The van der Waals surface area contributed by atoms with Gasteiger partial charge in [0.2, 0.25) is 0 Å². The molecule has 1 aromatic carbocycles. The van der Waals surface area contributed by atoms with Crippen molar-refractivity contribution in [3.8, 4) is 5.75 Å². The Morgan fingerprint density at radius 1 is 1.08 bits per heavy atom. The zero-order chi connectivity index (χ0) is 35.3. The lowest BCUT2D eigenvalue weighted by Crippen LogP contribution is -2.62. The molecule has 0 bridgehead atoms. The summed E-state index contributed by atoms with van der Waals surface area (Å²) in [6.07, 6.45) is 13.0. The summed E-state index contributed by atoms with van der Waals surface area (Å²) in [5.74, 6) is 0.422. The maximum atomic E-state index is 13.4. The summed E-state index contributed by atoms with van der Waals surface area (Å²) in [6, 6.07) is 7.66. The van der Waals surface area contributed by atoms with Gasteiger partial charge in [-0.2, -0.15) is 0 Å². The second-order valence-corrected chi connectivity index (χ2v) is 15.5. The summed E-state index contributed by atoms with van der Waals surface area (Å²) in [6.45, 7) is 5.42. The highest BCUT2D eigenvalue weighted by molar-refractivity contribution is 6.00. The molecule has 0 radical (unpaired) electrons. The average Bonchev–Trinajstić information content (AvgIpc) is 3.50. The van der Waals surface area contributed by atoms with Crippen molar-refractivity contribution in [1.82, 2.24) is 4.90 Å². The predicted molar refractivity (Wildman–Crippen MR) is 180 cm³/mol. The molecule has 3 N–H and O–H groups in total. The van der Waals surface area contributed by atoms with Gasteiger partial charge in [0.15, 0.2) is 11.9 Å². The molecule has 4 saturated carbocycles. The van der Waals surface area contributed by atoms with Crippen LogP contribution in [-0.2, 0) is 19.1 Å². The molecule has 0 spiro atoms. The molecule has 1 heterocycles. The smallest absolute Gasteiger partial charge is 0.417 e. The van der Waals surface area contributed by atoms with Gasteiger partial charge in [-0.25, -0.2) is 9.69 Å². The Balaban J connectivity index is 0.000000171. The zero-order valence-electron chi connectivity index (χ0n) is 28.8. The average molecular weight is 676 g/mol. The normalized spacial score (nSPS) is 40.2. The van der Waals surface area contributed by atoms with Crippen LogP contribution in [0.4, 0.5) is 4.79 Å². The minimum absolute atomic E-state index is 0.0154. The summed E-state index contributed by atoms with van der Waals surface area (Å²) >= 11 is 0. The molecule has 0 aromatic heterocycles. The quantitative estimate of drug-likeness (QED) is 0.373. The first-order valence-electron chi connectivity index (χ1n) is 17.6. The van der Waals surface area contributed by atoms with Crippen LogP contribution in [0.5, 0.6) is 5.75 Å². The maximum Gasteiger partial charge on any atom is 0.417 e. The van der Waals surface area contributed by atoms with Gasteiger partial charge in [-0.05, 0) is 92.2 Å². The molecule has 49 heavy (non-hydrogen) atoms. The molecule has 10 nitrogen and oxygen atoms in total. The van der Waals surface area contributed by atoms with Crippen LogP contribution >= 0.6 is 0 Å². The highest BCUT2D eigenvalue weighted by Gasteiger charge is 2.68. The molecule has 7 rings (SSSR count). The lowest BCUT2D eigenvalue weighted by atomic mass is 9.44. The second kappa shape index (κ2) is 13.3. The second-order valence-electron chi connectivity index (χ2n) is 15.5. The van der Waals surface area contributed by atoms with Crippen LogP contribution in [0.1, 0.15) is 70.8 Å². The lowest BCUT2D eigenvalue weighted by molar-refractivity contribution is -0.180. The molecule has 10 atom stereocenters. The minimum Gasteiger partial charge on any atom is -0.464 e. The van der Waals surface area contributed by atoms with E-state index in [4.69, 9.17) is 9.47 Å². The number of amides is 2. The number of ketones is 2. The number of carbonyl (C=O) groups excluding carboxylic acids is 4. The Morgan fingerprint density at radius 2 is 1.84 bits per heavy atom. The first-order chi connectivity index (χ1) is 23.2. The van der Waals surface area contributed by atoms with Crippen LogP contribution < -0.4 is 4.74 Å². The molecule has 2 amide bonds. The van der Waals surface area contributed by atoms with Gasteiger partial charge in [0.25, 0.3) is 5.91 Å². The number of para-hydroxylation sites is 1. The fourth-order valence-electron chi connectivity index (χ4n) is 10.2. The van der Waals surface area contributed by atoms with Gasteiger partial charge >= 0.3 is 6.09 Å². The van der Waals surface area contributed by atoms with E-state index in [1.54, 1.807) is 6.26 Å². The summed E-state index contributed by atoms with van der Waals surface area (Å²) in [4.78, 5) is 50.4. The van der Waals surface area contributed by atoms with Gasteiger partial charge in [0, 0.05) is 24.8 Å². The fourth-order valence-corrected chi connectivity index (χ4v) is 10.2. The molecule has 10 heteroatoms. The number of Topliss-reactive ketones (excluding diaryl/α,β-unsaturated/α-hetero) is 2. The number of benzene rings is 1. The Morgan fingerprint density at radius 3 is 2.53 bits per heavy atom. The van der Waals surface area contributed by atoms with Crippen molar-refractivity contribution in [2.45, 2.75) is 89.9 Å². The SMILES string of the molecule is C[C@]12CC[C@@H](O)C[C@H]1CC[C@@H]1[C@@H]2C(=O)C[C@@]2(C)[C@H]1CC[C@]2(O)C(=O)CO.Cc1ccccc1O/C=C1/C=CC=CC1C1OC(=O)N(C)C1=O. The van der Waals surface area contributed by atoms with Crippen molar-refractivity contribution < 1.29 is 44.0 Å². The predicted octanol–water partition coefficient (Wildman–Crippen LogP) is 4.84. The molecule has 5 fully saturated rings. The van der Waals surface area contributed by atoms with Gasteiger partial charge in [-0.15, -0.1) is 0 Å². The van der Waals surface area contributed by atoms with E-state index in [-0.39, 0.29) is 53.3 Å². The van der Waals surface area contributed by atoms with Gasteiger partial charge in [0.05, 0.1) is 18.3 Å². The van der Waals surface area contributed by atoms with Crippen molar-refractivity contribution in [1.29, 1.82) is 0 Å². The number of carbonyl (C=O) groups is 4. The van der Waals surface area contributed by atoms with Crippen molar-refractivity contribution in [3.05, 3.63) is 66.0 Å². The first kappa shape index (κ1) is 35.2. The lowest BCUT2D eigenvalue weighted by Gasteiger charge is -2.60. The minimum atomic E-state index is -1.58. The van der Waals surface area contributed by atoms with E-state index >= 15 is 0 Å². The molecule has 2 unspecified atom stereocenters. The van der Waals surface area contributed by atoms with Gasteiger partial charge in [-0.1, -0.05) is 56.4 Å². The summed E-state index contributed by atoms with van der Waals surface area (Å²) < 4.78 is 10.9. The summed E-state index contributed by atoms with van der Waals surface area (Å²) in [5, 5.41) is 30.6. The molecular weight excluding hydrogens is 626 g/mol. The van der Waals surface area contributed by atoms with Crippen molar-refractivity contribution >= 4 is 23.6 Å². The summed E-state index contributed by atoms with van der Waals surface area (Å²) in [7, 11) is 1.42. The number of aryl methyl sites for hydroxylation is 1. The Bertz CT molecular complexity index is 1600. The van der Waals surface area contributed by atoms with E-state index < -0.39 is 35.6 Å². The number of ether oxygens (including phenoxy) is 2. The highest BCUT2D eigenvalue weighted by Crippen LogP contribution is 2.67. The molecule has 5 aliphatic carbocycles. The number of hydrogen-bond donors (Lipinski definition) is 3. The van der Waals surface area contributed by atoms with Gasteiger partial charge in [-0.3, -0.25) is 14.4 Å². The molecule has 264 valence electrons. The number of allylic oxidation sites excluding steroid dienone is 3. The maximum absolute atomic E-state index is 13.4. The third kappa shape index (κ3) is 5.89. The van der Waals surface area contributed by atoms with Crippen LogP contribution in [0.3, 0.4) is 0 Å². The van der Waals surface area contributed by atoms with E-state index in [1.165, 1.54) is 7.05 Å². The van der Waals surface area contributed by atoms with Crippen LogP contribution in [0, 0.1) is 47.3 Å². The monoisotopic (exact) mass is 675 g/mol. The van der Waals surface area contributed by atoms with Crippen LogP contribution in [0.2, 0.25) is 0 Å². The molecule has 1 aromatic rings. The van der Waals surface area contributed by atoms with Crippen molar-refractivity contribution in [3.63, 3.8) is 0 Å². The molecule has 1 aliphatic heterocycles. The summed E-state index contributed by atoms with van der Waals surface area (Å²) in [5.41, 5.74) is -0.616. The number of likely N-dealkylation sites (N-methyl/N-ethyl adjacent to an activating group) is 1. The Kier molecular flexibility index (Phi) is 9.54. The van der Waals surface area contributed by atoms with E-state index in [9.17, 15) is 34.5 Å². The molecule has 1 saturated heterocycles. The Hall–Kier alpha value is -3.60. The number of nitrogens with zero attached hydrogens (tertiary/aromatic N) is 1. The number of fused-ring (bicyclic) bond motifs is 5. The van der Waals surface area contributed by atoms with Gasteiger partial charge in [0.1, 0.15) is 23.7 Å². The Labute approximate surface area is 287 Å². The van der Waals surface area contributed by atoms with Crippen molar-refractivity contribution in [2.24, 2.45) is 40.4 Å². The fraction of sp³-hybridized carbons (Fsp3) is 0.590. The van der Waals surface area contributed by atoms with Crippen LogP contribution in [0.25, 0.3) is 0 Å². The largest absolute Gasteiger partial charge is 0.464 e. The van der Waals surface area contributed by atoms with E-state index in [0.717, 1.165) is 60.3 Å². The highest BCUT2D eigenvalue weighted by atomic mass is 16.6. The molecule has 6 aliphatic rings. The number of aliphatic hydroxyl groups is 3. The van der Waals surface area contributed by atoms with Crippen LogP contribution in [-0.4, -0.2) is 75.2 Å². The third-order valence-corrected chi connectivity index (χ3v) is 13.0. The zero-order valence-corrected chi connectivity index (χ0v) is 28.8. The van der Waals surface area contributed by atoms with Crippen molar-refractivity contribution in [2.75, 3.05) is 13.7 Å². The third-order valence-electron chi connectivity index (χ3n) is 13.0. The van der Waals surface area contributed by atoms with Crippen LogP contribution in [0.15, 0.2) is 60.4 Å². The molecular formula is C39H49NO9. The van der Waals surface area contributed by atoms with E-state index in [0.29, 0.717) is 12.3 Å². The standard InChI is InChI=1S/C21H32O5.C18H17NO4/c1-19-7-5-13(23)9-12(19)3-4-14-15-6-8-21(26,17(25)11-22)20(15,2)10-16(24)18(14)19;1-12-7-3-6-10-15(12)22-11-13-8-4-5-9-14(13)16-17(20)19(2)18(21)23-16/h12-15,18,22-23,26H,3-11H2,1-2H3;3-11,14,16H,1-2H3/b;13-11-/t12-,13-,14+,15+,18-,19+,20+,21+;/m1./s1. The van der Waals surface area contributed by atoms with E-state index in [1.807, 2.05) is 62.4 Å².